The molecule has 0 saturated heterocycles. The molecule has 1 amide bonds. The van der Waals surface area contributed by atoms with Crippen LogP contribution in [0.3, 0.4) is 0 Å². The first-order chi connectivity index (χ1) is 13.6. The number of fused-ring (bicyclic) bond motifs is 2. The number of hydrogen-bond acceptors (Lipinski definition) is 4. The number of hydrogen-bond donors (Lipinski definition) is 2. The monoisotopic (exact) mass is 375 g/mol. The summed E-state index contributed by atoms with van der Waals surface area (Å²) in [6.45, 7) is 4.76. The first-order valence-corrected chi connectivity index (χ1v) is 9.31. The first kappa shape index (κ1) is 16.7. The fraction of sp³-hybridized carbons (Fsp3) is 0.227. The molecular formula is C22H21N3O3. The molecule has 2 aliphatic rings. The molecule has 1 aromatic heterocycles. The number of ether oxygens (including phenoxy) is 2. The maximum absolute atomic E-state index is 13.4. The average Bonchev–Trinajstić information content (AvgIpc) is 3.29. The molecule has 6 nitrogen and oxygen atoms in total. The van der Waals surface area contributed by atoms with E-state index in [4.69, 9.17) is 9.47 Å². The molecule has 2 aromatic carbocycles. The summed E-state index contributed by atoms with van der Waals surface area (Å²) in [6, 6.07) is 15.6. The zero-order valence-electron chi connectivity index (χ0n) is 15.8. The number of carbonyl (C=O) groups excluding carboxylic acids is 1. The quantitative estimate of drug-likeness (QED) is 0.722. The zero-order valence-corrected chi connectivity index (χ0v) is 15.8. The third-order valence-electron chi connectivity index (χ3n) is 5.30. The molecule has 2 N–H and O–H groups in total. The summed E-state index contributed by atoms with van der Waals surface area (Å²) in [4.78, 5) is 18.6. The van der Waals surface area contributed by atoms with Gasteiger partial charge in [0, 0.05) is 29.2 Å². The number of benzene rings is 2. The lowest BCUT2D eigenvalue weighted by Gasteiger charge is -2.38. The SMILES string of the molecule is Cc1cc([C@H]2Nc3ccccc3C(=O)N2Cc2ccc3c(c2)OCO3)c(C)[nH]1. The maximum Gasteiger partial charge on any atom is 0.258 e. The van der Waals surface area contributed by atoms with Crippen LogP contribution in [0.2, 0.25) is 0 Å². The molecule has 0 saturated carbocycles. The van der Waals surface area contributed by atoms with Gasteiger partial charge in [0.25, 0.3) is 5.91 Å². The number of para-hydroxylation sites is 1. The smallest absolute Gasteiger partial charge is 0.258 e. The van der Waals surface area contributed by atoms with Crippen LogP contribution in [0.1, 0.15) is 39.0 Å². The van der Waals surface area contributed by atoms with E-state index in [1.54, 1.807) is 0 Å². The molecule has 2 aliphatic heterocycles. The van der Waals surface area contributed by atoms with Crippen molar-refractivity contribution in [2.75, 3.05) is 12.1 Å². The fourth-order valence-electron chi connectivity index (χ4n) is 3.97. The van der Waals surface area contributed by atoms with Crippen molar-refractivity contribution in [1.29, 1.82) is 0 Å². The lowest BCUT2D eigenvalue weighted by atomic mass is 10.0. The van der Waals surface area contributed by atoms with Crippen molar-refractivity contribution in [2.24, 2.45) is 0 Å². The van der Waals surface area contributed by atoms with Crippen molar-refractivity contribution in [3.05, 3.63) is 76.6 Å². The van der Waals surface area contributed by atoms with Crippen molar-refractivity contribution in [1.82, 2.24) is 9.88 Å². The van der Waals surface area contributed by atoms with E-state index < -0.39 is 0 Å². The lowest BCUT2D eigenvalue weighted by Crippen LogP contribution is -2.42. The number of aromatic nitrogens is 1. The van der Waals surface area contributed by atoms with Crippen LogP contribution in [-0.4, -0.2) is 22.6 Å². The molecule has 3 heterocycles. The minimum atomic E-state index is -0.252. The first-order valence-electron chi connectivity index (χ1n) is 9.31. The largest absolute Gasteiger partial charge is 0.454 e. The van der Waals surface area contributed by atoms with Crippen molar-refractivity contribution in [3.8, 4) is 11.5 Å². The number of aromatic amines is 1. The Morgan fingerprint density at radius 2 is 1.89 bits per heavy atom. The topological polar surface area (TPSA) is 66.6 Å². The van der Waals surface area contributed by atoms with Crippen LogP contribution in [-0.2, 0) is 6.54 Å². The Kier molecular flexibility index (Phi) is 3.79. The highest BCUT2D eigenvalue weighted by atomic mass is 16.7. The van der Waals surface area contributed by atoms with Crippen LogP contribution < -0.4 is 14.8 Å². The Morgan fingerprint density at radius 1 is 1.07 bits per heavy atom. The van der Waals surface area contributed by atoms with E-state index in [0.717, 1.165) is 39.7 Å². The summed E-state index contributed by atoms with van der Waals surface area (Å²) in [5, 5.41) is 3.55. The number of rotatable bonds is 3. The van der Waals surface area contributed by atoms with Crippen molar-refractivity contribution in [2.45, 2.75) is 26.6 Å². The fourth-order valence-corrected chi connectivity index (χ4v) is 3.97. The number of carbonyl (C=O) groups is 1. The molecule has 142 valence electrons. The molecular weight excluding hydrogens is 354 g/mol. The predicted molar refractivity (Wildman–Crippen MR) is 106 cm³/mol. The molecule has 0 unspecified atom stereocenters. The molecule has 0 radical (unpaired) electrons. The van der Waals surface area contributed by atoms with E-state index >= 15 is 0 Å². The van der Waals surface area contributed by atoms with Crippen LogP contribution in [0.4, 0.5) is 5.69 Å². The number of nitrogens with one attached hydrogen (secondary N) is 2. The molecule has 0 bridgehead atoms. The van der Waals surface area contributed by atoms with Gasteiger partial charge in [-0.3, -0.25) is 4.79 Å². The van der Waals surface area contributed by atoms with E-state index in [9.17, 15) is 4.79 Å². The summed E-state index contributed by atoms with van der Waals surface area (Å²) in [7, 11) is 0. The number of anilines is 1. The van der Waals surface area contributed by atoms with Crippen molar-refractivity contribution < 1.29 is 14.3 Å². The minimum Gasteiger partial charge on any atom is -0.454 e. The number of amides is 1. The summed E-state index contributed by atoms with van der Waals surface area (Å²) >= 11 is 0. The zero-order chi connectivity index (χ0) is 19.3. The third kappa shape index (κ3) is 2.69. The van der Waals surface area contributed by atoms with E-state index in [2.05, 4.69) is 16.4 Å². The van der Waals surface area contributed by atoms with Gasteiger partial charge in [0.05, 0.1) is 5.56 Å². The average molecular weight is 375 g/mol. The predicted octanol–water partition coefficient (Wildman–Crippen LogP) is 4.13. The van der Waals surface area contributed by atoms with Crippen LogP contribution in [0.5, 0.6) is 11.5 Å². The highest BCUT2D eigenvalue weighted by Gasteiger charge is 2.34. The molecule has 0 fully saturated rings. The van der Waals surface area contributed by atoms with Gasteiger partial charge in [-0.25, -0.2) is 0 Å². The second-order valence-corrected chi connectivity index (χ2v) is 7.25. The van der Waals surface area contributed by atoms with Gasteiger partial charge in [-0.1, -0.05) is 18.2 Å². The number of aryl methyl sites for hydroxylation is 2. The van der Waals surface area contributed by atoms with Gasteiger partial charge < -0.3 is 24.7 Å². The van der Waals surface area contributed by atoms with Crippen LogP contribution >= 0.6 is 0 Å². The Labute approximate surface area is 163 Å². The van der Waals surface area contributed by atoms with Crippen LogP contribution in [0.15, 0.2) is 48.5 Å². The molecule has 3 aromatic rings. The number of nitrogens with zero attached hydrogens (tertiary/aromatic N) is 1. The van der Waals surface area contributed by atoms with Gasteiger partial charge in [-0.2, -0.15) is 0 Å². The van der Waals surface area contributed by atoms with Gasteiger partial charge in [-0.05, 0) is 49.7 Å². The molecule has 6 heteroatoms. The molecule has 0 spiro atoms. The normalized spacial score (nSPS) is 17.4. The van der Waals surface area contributed by atoms with Gasteiger partial charge >= 0.3 is 0 Å². The van der Waals surface area contributed by atoms with Crippen molar-refractivity contribution >= 4 is 11.6 Å². The van der Waals surface area contributed by atoms with Gasteiger partial charge in [0.15, 0.2) is 11.5 Å². The second kappa shape index (κ2) is 6.34. The Morgan fingerprint density at radius 3 is 2.71 bits per heavy atom. The lowest BCUT2D eigenvalue weighted by molar-refractivity contribution is 0.0666. The van der Waals surface area contributed by atoms with Crippen molar-refractivity contribution in [3.63, 3.8) is 0 Å². The Hall–Kier alpha value is -3.41. The van der Waals surface area contributed by atoms with Gasteiger partial charge in [0.2, 0.25) is 6.79 Å². The minimum absolute atomic E-state index is 0.00951. The van der Waals surface area contributed by atoms with Crippen LogP contribution in [0.25, 0.3) is 0 Å². The second-order valence-electron chi connectivity index (χ2n) is 7.25. The van der Waals surface area contributed by atoms with E-state index in [-0.39, 0.29) is 18.9 Å². The summed E-state index contributed by atoms with van der Waals surface area (Å²) in [6.07, 6.45) is -0.252. The highest BCUT2D eigenvalue weighted by molar-refractivity contribution is 6.01. The van der Waals surface area contributed by atoms with Crippen LogP contribution in [0, 0.1) is 13.8 Å². The van der Waals surface area contributed by atoms with Gasteiger partial charge in [0.1, 0.15) is 6.17 Å². The van der Waals surface area contributed by atoms with E-state index in [1.807, 2.05) is 61.2 Å². The summed E-state index contributed by atoms with van der Waals surface area (Å²) < 4.78 is 10.9. The molecule has 0 aliphatic carbocycles. The standard InChI is InChI=1S/C22H21N3O3/c1-13-9-17(14(2)23-13)21-24-18-6-4-3-5-16(18)22(26)25(21)11-15-7-8-19-20(10-15)28-12-27-19/h3-10,21,23-24H,11-12H2,1-2H3/t21-/m0/s1. The van der Waals surface area contributed by atoms with Gasteiger partial charge in [-0.15, -0.1) is 0 Å². The molecule has 28 heavy (non-hydrogen) atoms. The van der Waals surface area contributed by atoms with E-state index in [0.29, 0.717) is 12.1 Å². The maximum atomic E-state index is 13.4. The Bertz CT molecular complexity index is 1070. The highest BCUT2D eigenvalue weighted by Crippen LogP contribution is 2.37. The molecule has 1 atom stereocenters. The Balaban J connectivity index is 1.55. The van der Waals surface area contributed by atoms with E-state index in [1.165, 1.54) is 0 Å². The summed E-state index contributed by atoms with van der Waals surface area (Å²) in [5.41, 5.74) is 5.73. The third-order valence-corrected chi connectivity index (χ3v) is 5.30. The molecule has 5 rings (SSSR count). The summed E-state index contributed by atoms with van der Waals surface area (Å²) in [5.74, 6) is 1.47. The number of H-pyrrole nitrogens is 1.